The van der Waals surface area contributed by atoms with Crippen LogP contribution in [0.25, 0.3) is 11.3 Å². The van der Waals surface area contributed by atoms with E-state index >= 15 is 0 Å². The lowest BCUT2D eigenvalue weighted by Crippen LogP contribution is -2.12. The molecule has 0 spiro atoms. The van der Waals surface area contributed by atoms with Crippen LogP contribution in [0, 0.1) is 0 Å². The summed E-state index contributed by atoms with van der Waals surface area (Å²) in [4.78, 5) is 8.83. The molecule has 0 amide bonds. The van der Waals surface area contributed by atoms with E-state index in [1.807, 2.05) is 13.2 Å². The molecule has 1 aliphatic rings. The molecule has 6 heteroatoms. The zero-order valence-corrected chi connectivity index (χ0v) is 11.5. The van der Waals surface area contributed by atoms with E-state index in [1.54, 1.807) is 16.9 Å². The highest BCUT2D eigenvalue weighted by Crippen LogP contribution is 2.21. The van der Waals surface area contributed by atoms with Gasteiger partial charge < -0.3 is 4.74 Å². The Labute approximate surface area is 116 Å². The molecule has 1 saturated heterocycles. The Morgan fingerprint density at radius 1 is 1.47 bits per heavy atom. The van der Waals surface area contributed by atoms with Crippen molar-refractivity contribution in [2.45, 2.75) is 25.4 Å². The monoisotopic (exact) mass is 278 g/mol. The summed E-state index contributed by atoms with van der Waals surface area (Å²) < 4.78 is 7.35. The third-order valence-electron chi connectivity index (χ3n) is 3.18. The fourth-order valence-electron chi connectivity index (χ4n) is 2.27. The largest absolute Gasteiger partial charge is 0.378 e. The molecule has 2 aromatic rings. The van der Waals surface area contributed by atoms with Crippen LogP contribution < -0.4 is 0 Å². The highest BCUT2D eigenvalue weighted by molar-refractivity contribution is 6.29. The molecule has 3 rings (SSSR count). The van der Waals surface area contributed by atoms with Gasteiger partial charge in [0.05, 0.1) is 18.0 Å². The Hall–Kier alpha value is -1.46. The van der Waals surface area contributed by atoms with Crippen LogP contribution in [-0.2, 0) is 18.2 Å². The molecule has 1 aliphatic heterocycles. The van der Waals surface area contributed by atoms with Gasteiger partial charge in [-0.25, -0.2) is 9.97 Å². The maximum Gasteiger partial charge on any atom is 0.133 e. The maximum absolute atomic E-state index is 6.07. The molecular weight excluding hydrogens is 264 g/mol. The Morgan fingerprint density at radius 2 is 2.37 bits per heavy atom. The van der Waals surface area contributed by atoms with Crippen LogP contribution in [0.3, 0.4) is 0 Å². The number of hydrogen-bond donors (Lipinski definition) is 0. The van der Waals surface area contributed by atoms with Crippen LogP contribution in [0.5, 0.6) is 0 Å². The number of halogens is 1. The summed E-state index contributed by atoms with van der Waals surface area (Å²) in [5.41, 5.74) is 1.75. The van der Waals surface area contributed by atoms with E-state index in [-0.39, 0.29) is 6.10 Å². The summed E-state index contributed by atoms with van der Waals surface area (Å²) in [5.74, 6) is 0.734. The van der Waals surface area contributed by atoms with Crippen LogP contribution in [0.2, 0.25) is 5.15 Å². The summed E-state index contributed by atoms with van der Waals surface area (Å²) in [6.07, 6.45) is 6.80. The van der Waals surface area contributed by atoms with Gasteiger partial charge in [-0.3, -0.25) is 4.68 Å². The molecule has 0 N–H and O–H groups in total. The van der Waals surface area contributed by atoms with Crippen molar-refractivity contribution in [1.82, 2.24) is 19.7 Å². The average Bonchev–Trinajstić information content (AvgIpc) is 3.00. The van der Waals surface area contributed by atoms with Crippen LogP contribution in [0.1, 0.15) is 18.7 Å². The van der Waals surface area contributed by atoms with E-state index in [2.05, 4.69) is 15.1 Å². The normalized spacial score (nSPS) is 18.9. The predicted molar refractivity (Wildman–Crippen MR) is 71.9 cm³/mol. The first-order valence-electron chi connectivity index (χ1n) is 6.35. The first-order valence-corrected chi connectivity index (χ1v) is 6.72. The van der Waals surface area contributed by atoms with Gasteiger partial charge in [0, 0.05) is 37.9 Å². The van der Waals surface area contributed by atoms with E-state index in [4.69, 9.17) is 16.3 Å². The lowest BCUT2D eigenvalue weighted by atomic mass is 10.1. The van der Waals surface area contributed by atoms with Crippen molar-refractivity contribution in [3.8, 4) is 11.3 Å². The number of ether oxygens (including phenoxy) is 1. The Morgan fingerprint density at radius 3 is 3.05 bits per heavy atom. The molecule has 1 unspecified atom stereocenters. The van der Waals surface area contributed by atoms with Crippen molar-refractivity contribution < 1.29 is 4.74 Å². The smallest absolute Gasteiger partial charge is 0.133 e. The molecule has 0 aliphatic carbocycles. The molecular formula is C13H15ClN4O. The van der Waals surface area contributed by atoms with Crippen LogP contribution in [0.15, 0.2) is 18.5 Å². The number of aryl methyl sites for hydroxylation is 1. The lowest BCUT2D eigenvalue weighted by molar-refractivity contribution is 0.110. The van der Waals surface area contributed by atoms with E-state index in [1.165, 1.54) is 0 Å². The molecule has 0 bridgehead atoms. The molecule has 19 heavy (non-hydrogen) atoms. The van der Waals surface area contributed by atoms with Gasteiger partial charge in [-0.1, -0.05) is 11.6 Å². The minimum atomic E-state index is 0.222. The number of rotatable bonds is 3. The first kappa shape index (κ1) is 12.6. The van der Waals surface area contributed by atoms with Crippen molar-refractivity contribution in [3.05, 3.63) is 29.4 Å². The van der Waals surface area contributed by atoms with Gasteiger partial charge >= 0.3 is 0 Å². The molecule has 1 fully saturated rings. The van der Waals surface area contributed by atoms with Gasteiger partial charge in [0.15, 0.2) is 0 Å². The third kappa shape index (κ3) is 2.93. The summed E-state index contributed by atoms with van der Waals surface area (Å²) in [7, 11) is 1.87. The second kappa shape index (κ2) is 5.27. The fourth-order valence-corrected chi connectivity index (χ4v) is 2.47. The predicted octanol–water partition coefficient (Wildman–Crippen LogP) is 2.25. The quantitative estimate of drug-likeness (QED) is 0.808. The lowest BCUT2D eigenvalue weighted by Gasteiger charge is -2.09. The second-order valence-electron chi connectivity index (χ2n) is 4.73. The van der Waals surface area contributed by atoms with Crippen molar-refractivity contribution >= 4 is 11.6 Å². The average molecular weight is 279 g/mol. The second-order valence-corrected chi connectivity index (χ2v) is 5.12. The van der Waals surface area contributed by atoms with Gasteiger partial charge in [-0.05, 0) is 12.8 Å². The van der Waals surface area contributed by atoms with Gasteiger partial charge in [-0.15, -0.1) is 0 Å². The summed E-state index contributed by atoms with van der Waals surface area (Å²) in [6.45, 7) is 0.834. The number of hydrogen-bond acceptors (Lipinski definition) is 4. The van der Waals surface area contributed by atoms with E-state index in [0.29, 0.717) is 11.6 Å². The summed E-state index contributed by atoms with van der Waals surface area (Å²) in [6, 6.07) is 1.76. The van der Waals surface area contributed by atoms with Crippen molar-refractivity contribution in [2.24, 2.45) is 7.05 Å². The highest BCUT2D eigenvalue weighted by Gasteiger charge is 2.18. The number of aromatic nitrogens is 4. The highest BCUT2D eigenvalue weighted by atomic mass is 35.5. The number of nitrogens with zero attached hydrogens (tertiary/aromatic N) is 4. The summed E-state index contributed by atoms with van der Waals surface area (Å²) >= 11 is 6.07. The molecule has 1 atom stereocenters. The van der Waals surface area contributed by atoms with Crippen LogP contribution in [-0.4, -0.2) is 32.5 Å². The minimum Gasteiger partial charge on any atom is -0.378 e. The Bertz CT molecular complexity index is 578. The Kier molecular flexibility index (Phi) is 3.48. The maximum atomic E-state index is 6.07. The van der Waals surface area contributed by atoms with Crippen LogP contribution >= 0.6 is 11.6 Å². The van der Waals surface area contributed by atoms with Crippen molar-refractivity contribution in [2.75, 3.05) is 6.61 Å². The molecule has 0 aromatic carbocycles. The zero-order chi connectivity index (χ0) is 13.2. The standard InChI is InChI=1S/C13H15ClN4O/c1-18-8-9(7-15-18)11-6-12(14)17-13(16-11)5-10-3-2-4-19-10/h6-8,10H,2-5H2,1H3. The Balaban J connectivity index is 1.87. The fraction of sp³-hybridized carbons (Fsp3) is 0.462. The van der Waals surface area contributed by atoms with Gasteiger partial charge in [0.2, 0.25) is 0 Å². The first-order chi connectivity index (χ1) is 9.20. The van der Waals surface area contributed by atoms with Gasteiger partial charge in [0.25, 0.3) is 0 Å². The van der Waals surface area contributed by atoms with E-state index in [9.17, 15) is 0 Å². The zero-order valence-electron chi connectivity index (χ0n) is 10.7. The molecule has 0 saturated carbocycles. The molecule has 0 radical (unpaired) electrons. The van der Waals surface area contributed by atoms with Crippen LogP contribution in [0.4, 0.5) is 0 Å². The molecule has 100 valence electrons. The molecule has 2 aromatic heterocycles. The van der Waals surface area contributed by atoms with E-state index in [0.717, 1.165) is 36.5 Å². The molecule has 3 heterocycles. The molecule has 5 nitrogen and oxygen atoms in total. The van der Waals surface area contributed by atoms with E-state index < -0.39 is 0 Å². The SMILES string of the molecule is Cn1cc(-c2cc(Cl)nc(CC3CCCO3)n2)cn1. The van der Waals surface area contributed by atoms with Gasteiger partial charge in [0.1, 0.15) is 11.0 Å². The van der Waals surface area contributed by atoms with Crippen molar-refractivity contribution in [1.29, 1.82) is 0 Å². The third-order valence-corrected chi connectivity index (χ3v) is 3.37. The summed E-state index contributed by atoms with van der Waals surface area (Å²) in [5, 5.41) is 4.60. The van der Waals surface area contributed by atoms with Gasteiger partial charge in [-0.2, -0.15) is 5.10 Å². The minimum absolute atomic E-state index is 0.222. The topological polar surface area (TPSA) is 52.8 Å². The van der Waals surface area contributed by atoms with Crippen molar-refractivity contribution in [3.63, 3.8) is 0 Å².